The van der Waals surface area contributed by atoms with E-state index in [9.17, 15) is 9.59 Å². The summed E-state index contributed by atoms with van der Waals surface area (Å²) in [6, 6.07) is 0.980. The van der Waals surface area contributed by atoms with Gasteiger partial charge in [-0.15, -0.1) is 0 Å². The molecule has 3 N–H and O–H groups in total. The molecule has 6 rings (SSSR count). The number of allylic oxidation sites excluding steroid dienone is 1. The van der Waals surface area contributed by atoms with Gasteiger partial charge in [-0.05, 0) is 30.7 Å². The fraction of sp³-hybridized carbons (Fsp3) is 0.478. The van der Waals surface area contributed by atoms with E-state index >= 15 is 4.39 Å². The summed E-state index contributed by atoms with van der Waals surface area (Å²) < 4.78 is 28.0. The molecule has 1 aromatic carbocycles. The van der Waals surface area contributed by atoms with Gasteiger partial charge in [0, 0.05) is 24.5 Å². The standard InChI is InChI=1S/C23H24FN3O5/c1-11-9-31-20-17-12(19(28)16(8-27(11)17)32-21(29)30)5-15(24)18(20)26-6-13-14(7-26)23(25)4-3-22(13,2)10-23/h3-5,8,11,13-14H,6-7,9-10,25H2,1-2H3,(H,29,30). The van der Waals surface area contributed by atoms with Crippen LogP contribution in [0.4, 0.5) is 14.9 Å². The summed E-state index contributed by atoms with van der Waals surface area (Å²) in [5, 5.41) is 9.02. The van der Waals surface area contributed by atoms with Gasteiger partial charge in [-0.2, -0.15) is 0 Å². The van der Waals surface area contributed by atoms with E-state index in [0.717, 1.165) is 6.42 Å². The Morgan fingerprint density at radius 3 is 2.81 bits per heavy atom. The lowest BCUT2D eigenvalue weighted by Crippen LogP contribution is -2.43. The molecule has 9 heteroatoms. The number of anilines is 1. The van der Waals surface area contributed by atoms with Crippen molar-refractivity contribution >= 4 is 22.7 Å². The second-order valence-electron chi connectivity index (χ2n) is 9.94. The zero-order valence-corrected chi connectivity index (χ0v) is 17.8. The van der Waals surface area contributed by atoms with Gasteiger partial charge in [0.2, 0.25) is 5.43 Å². The molecule has 2 bridgehead atoms. The first kappa shape index (κ1) is 19.6. The number of nitrogens with zero attached hydrogens (tertiary/aromatic N) is 2. The summed E-state index contributed by atoms with van der Waals surface area (Å²) >= 11 is 0. The first-order valence-corrected chi connectivity index (χ1v) is 10.8. The Balaban J connectivity index is 1.51. The van der Waals surface area contributed by atoms with E-state index in [-0.39, 0.29) is 40.7 Å². The molecule has 0 radical (unpaired) electrons. The van der Waals surface area contributed by atoms with Gasteiger partial charge in [-0.25, -0.2) is 9.18 Å². The minimum Gasteiger partial charge on any atom is -0.487 e. The second-order valence-corrected chi connectivity index (χ2v) is 9.94. The average Bonchev–Trinajstić information content (AvgIpc) is 3.35. The maximum atomic E-state index is 15.5. The molecule has 168 valence electrons. The zero-order valence-electron chi connectivity index (χ0n) is 17.8. The summed E-state index contributed by atoms with van der Waals surface area (Å²) in [4.78, 5) is 25.9. The molecular formula is C23H24FN3O5. The van der Waals surface area contributed by atoms with Crippen LogP contribution in [0.15, 0.2) is 29.2 Å². The highest BCUT2D eigenvalue weighted by molar-refractivity contribution is 5.93. The molecule has 5 unspecified atom stereocenters. The normalized spacial score (nSPS) is 34.1. The van der Waals surface area contributed by atoms with Gasteiger partial charge in [0.25, 0.3) is 0 Å². The summed E-state index contributed by atoms with van der Waals surface area (Å²) in [5.41, 5.74) is 6.43. The van der Waals surface area contributed by atoms with E-state index in [0.29, 0.717) is 36.0 Å². The van der Waals surface area contributed by atoms with Crippen molar-refractivity contribution in [1.29, 1.82) is 0 Å². The number of carboxylic acid groups (broad SMARTS) is 1. The third-order valence-electron chi connectivity index (χ3n) is 7.94. The van der Waals surface area contributed by atoms with Gasteiger partial charge in [-0.1, -0.05) is 19.1 Å². The van der Waals surface area contributed by atoms with Crippen molar-refractivity contribution in [2.75, 3.05) is 24.6 Å². The lowest BCUT2D eigenvalue weighted by atomic mass is 9.76. The molecule has 2 aliphatic heterocycles. The van der Waals surface area contributed by atoms with E-state index in [2.05, 4.69) is 23.8 Å². The van der Waals surface area contributed by atoms with Crippen LogP contribution >= 0.6 is 0 Å². The molecule has 0 amide bonds. The van der Waals surface area contributed by atoms with Crippen molar-refractivity contribution in [3.05, 3.63) is 40.5 Å². The van der Waals surface area contributed by atoms with Crippen LogP contribution in [0.3, 0.4) is 0 Å². The minimum atomic E-state index is -1.60. The lowest BCUT2D eigenvalue weighted by molar-refractivity contribution is 0.143. The van der Waals surface area contributed by atoms with E-state index in [1.807, 2.05) is 11.8 Å². The number of ether oxygens (including phenoxy) is 2. The summed E-state index contributed by atoms with van der Waals surface area (Å²) in [6.07, 6.45) is 5.00. The first-order valence-electron chi connectivity index (χ1n) is 10.8. The van der Waals surface area contributed by atoms with Gasteiger partial charge in [0.15, 0.2) is 17.3 Å². The van der Waals surface area contributed by atoms with Gasteiger partial charge in [0.1, 0.15) is 12.3 Å². The van der Waals surface area contributed by atoms with Crippen LogP contribution in [-0.2, 0) is 0 Å². The van der Waals surface area contributed by atoms with Crippen molar-refractivity contribution < 1.29 is 23.8 Å². The Labute approximate surface area is 183 Å². The van der Waals surface area contributed by atoms with Crippen LogP contribution in [-0.4, -0.2) is 41.1 Å². The average molecular weight is 441 g/mol. The Kier molecular flexibility index (Phi) is 3.70. The summed E-state index contributed by atoms with van der Waals surface area (Å²) in [6.45, 7) is 5.62. The molecule has 4 aliphatic rings. The van der Waals surface area contributed by atoms with Gasteiger partial charge >= 0.3 is 6.16 Å². The smallest absolute Gasteiger partial charge is 0.487 e. The SMILES string of the molecule is CC1COc2c(N3CC4C(C3)C3(N)C=CC4(C)C3)c(F)cc3c(=O)c(OC(=O)O)cn1c23. The van der Waals surface area contributed by atoms with Crippen molar-refractivity contribution in [3.8, 4) is 11.5 Å². The monoisotopic (exact) mass is 441 g/mol. The van der Waals surface area contributed by atoms with Crippen LogP contribution in [0, 0.1) is 23.1 Å². The quantitative estimate of drug-likeness (QED) is 0.545. The number of nitrogens with two attached hydrogens (primary N) is 1. The first-order chi connectivity index (χ1) is 15.1. The molecule has 1 saturated carbocycles. The fourth-order valence-corrected chi connectivity index (χ4v) is 6.48. The topological polar surface area (TPSA) is 107 Å². The molecule has 32 heavy (non-hydrogen) atoms. The highest BCUT2D eigenvalue weighted by Gasteiger charge is 2.62. The molecule has 5 atom stereocenters. The van der Waals surface area contributed by atoms with Gasteiger partial charge < -0.3 is 29.8 Å². The fourth-order valence-electron chi connectivity index (χ4n) is 6.48. The number of hydrogen-bond acceptors (Lipinski definition) is 6. The molecule has 3 heterocycles. The van der Waals surface area contributed by atoms with Crippen LogP contribution in [0.1, 0.15) is 26.3 Å². The number of benzene rings is 1. The molecule has 8 nitrogen and oxygen atoms in total. The second kappa shape index (κ2) is 6.04. The molecule has 1 saturated heterocycles. The van der Waals surface area contributed by atoms with Crippen LogP contribution in [0.25, 0.3) is 10.9 Å². The Hall–Kier alpha value is -3.07. The largest absolute Gasteiger partial charge is 0.511 e. The number of pyridine rings is 1. The number of aromatic nitrogens is 1. The third-order valence-corrected chi connectivity index (χ3v) is 7.94. The van der Waals surface area contributed by atoms with Crippen molar-refractivity contribution in [2.45, 2.75) is 31.8 Å². The summed E-state index contributed by atoms with van der Waals surface area (Å²) in [5.74, 6) is -0.0804. The predicted octanol–water partition coefficient (Wildman–Crippen LogP) is 2.88. The number of carbonyl (C=O) groups is 1. The zero-order chi connectivity index (χ0) is 22.6. The molecule has 2 fully saturated rings. The number of hydrogen-bond donors (Lipinski definition) is 2. The Morgan fingerprint density at radius 1 is 1.34 bits per heavy atom. The number of fused-ring (bicyclic) bond motifs is 5. The van der Waals surface area contributed by atoms with Gasteiger partial charge in [-0.3, -0.25) is 4.79 Å². The summed E-state index contributed by atoms with van der Waals surface area (Å²) in [7, 11) is 0. The number of rotatable bonds is 2. The maximum Gasteiger partial charge on any atom is 0.511 e. The molecule has 1 aromatic heterocycles. The van der Waals surface area contributed by atoms with Crippen molar-refractivity contribution in [1.82, 2.24) is 4.57 Å². The molecule has 2 aromatic rings. The minimum absolute atomic E-state index is 0.000729. The van der Waals surface area contributed by atoms with Gasteiger partial charge in [0.05, 0.1) is 23.1 Å². The molecule has 0 spiro atoms. The van der Waals surface area contributed by atoms with E-state index in [1.54, 1.807) is 4.57 Å². The molecular weight excluding hydrogens is 417 g/mol. The Bertz CT molecular complexity index is 1260. The highest BCUT2D eigenvalue weighted by atomic mass is 19.1. The lowest BCUT2D eigenvalue weighted by Gasteiger charge is -2.32. The predicted molar refractivity (Wildman–Crippen MR) is 115 cm³/mol. The van der Waals surface area contributed by atoms with Crippen LogP contribution < -0.4 is 25.5 Å². The van der Waals surface area contributed by atoms with E-state index in [4.69, 9.17) is 15.6 Å². The maximum absolute atomic E-state index is 15.5. The highest BCUT2D eigenvalue weighted by Crippen LogP contribution is 2.61. The van der Waals surface area contributed by atoms with Crippen LogP contribution in [0.2, 0.25) is 0 Å². The molecule has 2 aliphatic carbocycles. The number of halogens is 1. The third kappa shape index (κ3) is 2.40. The van der Waals surface area contributed by atoms with Crippen LogP contribution in [0.5, 0.6) is 11.5 Å². The Morgan fingerprint density at radius 2 is 2.09 bits per heavy atom. The van der Waals surface area contributed by atoms with E-state index in [1.165, 1.54) is 12.3 Å². The van der Waals surface area contributed by atoms with E-state index < -0.39 is 17.4 Å². The van der Waals surface area contributed by atoms with Crippen molar-refractivity contribution in [3.63, 3.8) is 0 Å². The van der Waals surface area contributed by atoms with Crippen molar-refractivity contribution in [2.24, 2.45) is 23.0 Å².